The van der Waals surface area contributed by atoms with Gasteiger partial charge in [0.1, 0.15) is 0 Å². The zero-order valence-electron chi connectivity index (χ0n) is 14.4. The Labute approximate surface area is 138 Å². The third-order valence-corrected chi connectivity index (χ3v) is 5.31. The highest BCUT2D eigenvalue weighted by molar-refractivity contribution is 7.88. The van der Waals surface area contributed by atoms with Crippen LogP contribution in [0.5, 0.6) is 0 Å². The second kappa shape index (κ2) is 8.63. The number of esters is 1. The molecule has 0 aromatic heterocycles. The predicted molar refractivity (Wildman–Crippen MR) is 87.1 cm³/mol. The molecule has 23 heavy (non-hydrogen) atoms. The van der Waals surface area contributed by atoms with Gasteiger partial charge >= 0.3 is 5.97 Å². The van der Waals surface area contributed by atoms with Crippen molar-refractivity contribution in [3.63, 3.8) is 0 Å². The van der Waals surface area contributed by atoms with Crippen molar-refractivity contribution in [2.75, 3.05) is 33.0 Å². The molecule has 0 aromatic rings. The van der Waals surface area contributed by atoms with E-state index in [0.717, 1.165) is 6.26 Å². The standard InChI is InChI=1S/C15H28N2O5S/c1-11(2)8-13(15(19)22-3)9-16-14(18)12-6-5-7-17(10-12)23(4,20)21/h11-13H,5-10H2,1-4H3,(H,16,18)/t12-,13+/m0/s1. The fraction of sp³-hybridized carbons (Fsp3) is 0.867. The van der Waals surface area contributed by atoms with E-state index >= 15 is 0 Å². The summed E-state index contributed by atoms with van der Waals surface area (Å²) in [6, 6.07) is 0. The molecule has 0 spiro atoms. The number of carbonyl (C=O) groups excluding carboxylic acids is 2. The first-order valence-electron chi connectivity index (χ1n) is 7.95. The maximum Gasteiger partial charge on any atom is 0.310 e. The zero-order valence-corrected chi connectivity index (χ0v) is 15.2. The average Bonchev–Trinajstić information content (AvgIpc) is 2.49. The number of hydrogen-bond donors (Lipinski definition) is 1. The van der Waals surface area contributed by atoms with E-state index in [9.17, 15) is 18.0 Å². The monoisotopic (exact) mass is 348 g/mol. The van der Waals surface area contributed by atoms with Gasteiger partial charge in [0, 0.05) is 19.6 Å². The molecule has 0 aromatic carbocycles. The summed E-state index contributed by atoms with van der Waals surface area (Å²) in [7, 11) is -1.94. The minimum absolute atomic E-state index is 0.198. The maximum absolute atomic E-state index is 12.3. The summed E-state index contributed by atoms with van der Waals surface area (Å²) in [6.45, 7) is 4.89. The lowest BCUT2D eigenvalue weighted by atomic mass is 9.95. The van der Waals surface area contributed by atoms with E-state index in [2.05, 4.69) is 5.32 Å². The Hall–Kier alpha value is -1.15. The molecule has 1 aliphatic rings. The minimum Gasteiger partial charge on any atom is -0.469 e. The number of piperidine rings is 1. The third-order valence-electron chi connectivity index (χ3n) is 4.04. The minimum atomic E-state index is -3.28. The van der Waals surface area contributed by atoms with Gasteiger partial charge in [0.05, 0.1) is 25.2 Å². The van der Waals surface area contributed by atoms with E-state index in [4.69, 9.17) is 4.74 Å². The quantitative estimate of drug-likeness (QED) is 0.681. The van der Waals surface area contributed by atoms with Crippen LogP contribution in [0.4, 0.5) is 0 Å². The zero-order chi connectivity index (χ0) is 17.6. The fourth-order valence-corrected chi connectivity index (χ4v) is 3.74. The van der Waals surface area contributed by atoms with Crippen molar-refractivity contribution in [2.45, 2.75) is 33.1 Å². The number of amides is 1. The Kier molecular flexibility index (Phi) is 7.47. The van der Waals surface area contributed by atoms with Gasteiger partial charge in [-0.25, -0.2) is 12.7 Å². The van der Waals surface area contributed by atoms with Gasteiger partial charge in [0.2, 0.25) is 15.9 Å². The van der Waals surface area contributed by atoms with E-state index in [1.54, 1.807) is 0 Å². The Morgan fingerprint density at radius 3 is 2.52 bits per heavy atom. The molecule has 7 nitrogen and oxygen atoms in total. The molecule has 0 unspecified atom stereocenters. The molecule has 1 rings (SSSR count). The van der Waals surface area contributed by atoms with E-state index in [-0.39, 0.29) is 36.8 Å². The molecule has 0 bridgehead atoms. The number of carbonyl (C=O) groups is 2. The molecule has 0 radical (unpaired) electrons. The van der Waals surface area contributed by atoms with Gasteiger partial charge in [-0.1, -0.05) is 13.8 Å². The SMILES string of the molecule is COC(=O)[C@@H](CNC(=O)[C@H]1CCCN(S(C)(=O)=O)C1)CC(C)C. The molecule has 1 fully saturated rings. The van der Waals surface area contributed by atoms with Crippen LogP contribution in [0.2, 0.25) is 0 Å². The molecule has 8 heteroatoms. The first-order valence-corrected chi connectivity index (χ1v) is 9.80. The van der Waals surface area contributed by atoms with Gasteiger partial charge in [-0.2, -0.15) is 0 Å². The van der Waals surface area contributed by atoms with Crippen LogP contribution >= 0.6 is 0 Å². The summed E-state index contributed by atoms with van der Waals surface area (Å²) < 4.78 is 29.3. The maximum atomic E-state index is 12.3. The molecule has 0 saturated carbocycles. The Bertz CT molecular complexity index is 518. The van der Waals surface area contributed by atoms with Gasteiger partial charge in [0.15, 0.2) is 0 Å². The van der Waals surface area contributed by atoms with Crippen molar-refractivity contribution in [1.82, 2.24) is 9.62 Å². The lowest BCUT2D eigenvalue weighted by molar-refractivity contribution is -0.146. The van der Waals surface area contributed by atoms with Crippen LogP contribution in [0.15, 0.2) is 0 Å². The summed E-state index contributed by atoms with van der Waals surface area (Å²) in [5.74, 6) is -0.961. The highest BCUT2D eigenvalue weighted by atomic mass is 32.2. The summed E-state index contributed by atoms with van der Waals surface area (Å²) in [4.78, 5) is 24.0. The van der Waals surface area contributed by atoms with E-state index in [1.165, 1.54) is 11.4 Å². The summed E-state index contributed by atoms with van der Waals surface area (Å²) >= 11 is 0. The molecule has 2 atom stereocenters. The number of sulfonamides is 1. The Morgan fingerprint density at radius 2 is 2.00 bits per heavy atom. The molecule has 1 heterocycles. The van der Waals surface area contributed by atoms with Crippen LogP contribution in [-0.2, 0) is 24.3 Å². The molecule has 1 saturated heterocycles. The van der Waals surface area contributed by atoms with Gasteiger partial charge in [-0.05, 0) is 25.2 Å². The van der Waals surface area contributed by atoms with Crippen molar-refractivity contribution in [3.05, 3.63) is 0 Å². The van der Waals surface area contributed by atoms with Gasteiger partial charge in [0.25, 0.3) is 0 Å². The number of rotatable bonds is 7. The number of nitrogens with zero attached hydrogens (tertiary/aromatic N) is 1. The fourth-order valence-electron chi connectivity index (χ4n) is 2.82. The smallest absolute Gasteiger partial charge is 0.310 e. The first-order chi connectivity index (χ1) is 10.6. The van der Waals surface area contributed by atoms with E-state index in [1.807, 2.05) is 13.8 Å². The first kappa shape index (κ1) is 19.9. The van der Waals surface area contributed by atoms with Crippen LogP contribution in [0.3, 0.4) is 0 Å². The molecule has 1 N–H and O–H groups in total. The Morgan fingerprint density at radius 1 is 1.35 bits per heavy atom. The van der Waals surface area contributed by atoms with Crippen LogP contribution < -0.4 is 5.32 Å². The largest absolute Gasteiger partial charge is 0.469 e. The van der Waals surface area contributed by atoms with E-state index < -0.39 is 10.0 Å². The topological polar surface area (TPSA) is 92.8 Å². The van der Waals surface area contributed by atoms with Crippen LogP contribution in [0.25, 0.3) is 0 Å². The summed E-state index contributed by atoms with van der Waals surface area (Å²) in [5, 5.41) is 2.78. The third kappa shape index (κ3) is 6.47. The van der Waals surface area contributed by atoms with Crippen molar-refractivity contribution >= 4 is 21.9 Å². The van der Waals surface area contributed by atoms with Crippen molar-refractivity contribution in [2.24, 2.45) is 17.8 Å². The van der Waals surface area contributed by atoms with Crippen LogP contribution in [0.1, 0.15) is 33.1 Å². The van der Waals surface area contributed by atoms with Gasteiger partial charge < -0.3 is 10.1 Å². The summed E-state index contributed by atoms with van der Waals surface area (Å²) in [5.41, 5.74) is 0. The number of nitrogens with one attached hydrogen (secondary N) is 1. The lowest BCUT2D eigenvalue weighted by Gasteiger charge is -2.30. The second-order valence-electron chi connectivity index (χ2n) is 6.55. The number of ether oxygens (including phenoxy) is 1. The molecule has 1 amide bonds. The molecule has 1 aliphatic heterocycles. The van der Waals surface area contributed by atoms with Crippen molar-refractivity contribution < 1.29 is 22.7 Å². The van der Waals surface area contributed by atoms with Gasteiger partial charge in [-0.3, -0.25) is 9.59 Å². The average molecular weight is 348 g/mol. The predicted octanol–water partition coefficient (Wildman–Crippen LogP) is 0.610. The van der Waals surface area contributed by atoms with E-state index in [0.29, 0.717) is 31.7 Å². The number of hydrogen-bond acceptors (Lipinski definition) is 5. The lowest BCUT2D eigenvalue weighted by Crippen LogP contribution is -2.46. The summed E-state index contributed by atoms with van der Waals surface area (Å²) in [6.07, 6.45) is 3.11. The van der Waals surface area contributed by atoms with Crippen LogP contribution in [0, 0.1) is 17.8 Å². The van der Waals surface area contributed by atoms with Gasteiger partial charge in [-0.15, -0.1) is 0 Å². The van der Waals surface area contributed by atoms with Crippen molar-refractivity contribution in [3.8, 4) is 0 Å². The van der Waals surface area contributed by atoms with Crippen molar-refractivity contribution in [1.29, 1.82) is 0 Å². The second-order valence-corrected chi connectivity index (χ2v) is 8.54. The molecule has 134 valence electrons. The highest BCUT2D eigenvalue weighted by Gasteiger charge is 2.31. The van der Waals surface area contributed by atoms with Crippen LogP contribution in [-0.4, -0.2) is 57.6 Å². The number of methoxy groups -OCH3 is 1. The Balaban J connectivity index is 2.58. The molecule has 0 aliphatic carbocycles. The normalized spacial score (nSPS) is 21.0. The molecular weight excluding hydrogens is 320 g/mol. The molecular formula is C15H28N2O5S. The highest BCUT2D eigenvalue weighted by Crippen LogP contribution is 2.19.